The minimum absolute atomic E-state index is 0.0173. The number of carbonyl (C=O) groups excluding carboxylic acids is 1. The lowest BCUT2D eigenvalue weighted by molar-refractivity contribution is -0.384. The minimum atomic E-state index is -0.488. The standard InChI is InChI=1S/C13H19N3O3/c1-9(12(17)15-8-13(2,3)14)10-5-4-6-11(7-10)16(18)19/h4-7,9H,8,14H2,1-3H3,(H,15,17). The molecule has 0 aliphatic rings. The Hall–Kier alpha value is -1.95. The van der Waals surface area contributed by atoms with Crippen LogP contribution < -0.4 is 11.1 Å². The number of nitrogens with zero attached hydrogens (tertiary/aromatic N) is 1. The van der Waals surface area contributed by atoms with Crippen LogP contribution in [0.15, 0.2) is 24.3 Å². The number of hydrogen-bond donors (Lipinski definition) is 2. The van der Waals surface area contributed by atoms with Crippen LogP contribution in [0.1, 0.15) is 32.3 Å². The number of nitrogens with one attached hydrogen (secondary N) is 1. The van der Waals surface area contributed by atoms with Crippen LogP contribution in [-0.2, 0) is 4.79 Å². The van der Waals surface area contributed by atoms with E-state index in [1.54, 1.807) is 19.1 Å². The van der Waals surface area contributed by atoms with Gasteiger partial charge in [0.15, 0.2) is 0 Å². The number of amides is 1. The summed E-state index contributed by atoms with van der Waals surface area (Å²) >= 11 is 0. The first kappa shape index (κ1) is 15.1. The smallest absolute Gasteiger partial charge is 0.269 e. The maximum atomic E-state index is 11.9. The normalized spacial score (nSPS) is 12.8. The molecular formula is C13H19N3O3. The quantitative estimate of drug-likeness (QED) is 0.623. The number of benzene rings is 1. The molecule has 104 valence electrons. The molecule has 0 radical (unpaired) electrons. The molecule has 0 aliphatic carbocycles. The summed E-state index contributed by atoms with van der Waals surface area (Å²) in [7, 11) is 0. The summed E-state index contributed by atoms with van der Waals surface area (Å²) < 4.78 is 0. The molecule has 6 nitrogen and oxygen atoms in total. The lowest BCUT2D eigenvalue weighted by Crippen LogP contribution is -2.46. The number of non-ortho nitro benzene ring substituents is 1. The first-order valence-electron chi connectivity index (χ1n) is 6.01. The zero-order chi connectivity index (χ0) is 14.6. The van der Waals surface area contributed by atoms with Crippen LogP contribution in [0.25, 0.3) is 0 Å². The van der Waals surface area contributed by atoms with E-state index < -0.39 is 16.4 Å². The van der Waals surface area contributed by atoms with Crippen molar-refractivity contribution < 1.29 is 9.72 Å². The summed E-state index contributed by atoms with van der Waals surface area (Å²) in [4.78, 5) is 22.2. The molecule has 3 N–H and O–H groups in total. The monoisotopic (exact) mass is 265 g/mol. The predicted octanol–water partition coefficient (Wildman–Crippen LogP) is 1.55. The molecule has 1 rings (SSSR count). The van der Waals surface area contributed by atoms with Gasteiger partial charge in [0.1, 0.15) is 0 Å². The second-order valence-electron chi connectivity index (χ2n) is 5.28. The van der Waals surface area contributed by atoms with Crippen LogP contribution in [0.4, 0.5) is 5.69 Å². The third-order valence-electron chi connectivity index (χ3n) is 2.69. The van der Waals surface area contributed by atoms with Crippen molar-refractivity contribution in [3.05, 3.63) is 39.9 Å². The maximum absolute atomic E-state index is 11.9. The number of hydrogen-bond acceptors (Lipinski definition) is 4. The molecule has 6 heteroatoms. The summed E-state index contributed by atoms with van der Waals surface area (Å²) in [5.74, 6) is -0.652. The minimum Gasteiger partial charge on any atom is -0.354 e. The summed E-state index contributed by atoms with van der Waals surface area (Å²) in [6.07, 6.45) is 0. The van der Waals surface area contributed by atoms with Crippen LogP contribution in [0.3, 0.4) is 0 Å². The van der Waals surface area contributed by atoms with E-state index >= 15 is 0 Å². The van der Waals surface area contributed by atoms with E-state index in [0.29, 0.717) is 12.1 Å². The van der Waals surface area contributed by atoms with Gasteiger partial charge in [-0.15, -0.1) is 0 Å². The molecule has 0 aromatic heterocycles. The van der Waals surface area contributed by atoms with Gasteiger partial charge in [0.25, 0.3) is 5.69 Å². The Morgan fingerprint density at radius 3 is 2.68 bits per heavy atom. The van der Waals surface area contributed by atoms with E-state index in [2.05, 4.69) is 5.32 Å². The van der Waals surface area contributed by atoms with Crippen molar-refractivity contribution in [2.75, 3.05) is 6.54 Å². The Labute approximate surface area is 112 Å². The molecule has 0 spiro atoms. The highest BCUT2D eigenvalue weighted by Crippen LogP contribution is 2.20. The Morgan fingerprint density at radius 2 is 2.16 bits per heavy atom. The summed E-state index contributed by atoms with van der Waals surface area (Å²) in [5, 5.41) is 13.4. The molecule has 1 amide bonds. The zero-order valence-corrected chi connectivity index (χ0v) is 11.3. The topological polar surface area (TPSA) is 98.3 Å². The van der Waals surface area contributed by atoms with Gasteiger partial charge in [-0.05, 0) is 26.3 Å². The highest BCUT2D eigenvalue weighted by molar-refractivity contribution is 5.83. The molecule has 1 aromatic carbocycles. The van der Waals surface area contributed by atoms with Crippen LogP contribution in [0.5, 0.6) is 0 Å². The van der Waals surface area contributed by atoms with Crippen LogP contribution in [-0.4, -0.2) is 22.9 Å². The molecule has 0 heterocycles. The second kappa shape index (κ2) is 5.79. The van der Waals surface area contributed by atoms with Gasteiger partial charge in [0, 0.05) is 24.2 Å². The number of nitro benzene ring substituents is 1. The number of rotatable bonds is 5. The molecule has 19 heavy (non-hydrogen) atoms. The number of carbonyl (C=O) groups is 1. The lowest BCUT2D eigenvalue weighted by atomic mass is 9.99. The van der Waals surface area contributed by atoms with Crippen LogP contribution in [0.2, 0.25) is 0 Å². The van der Waals surface area contributed by atoms with Crippen molar-refractivity contribution in [3.8, 4) is 0 Å². The number of nitrogens with two attached hydrogens (primary N) is 1. The molecular weight excluding hydrogens is 246 g/mol. The maximum Gasteiger partial charge on any atom is 0.269 e. The summed E-state index contributed by atoms with van der Waals surface area (Å²) in [6, 6.07) is 6.09. The van der Waals surface area contributed by atoms with Crippen LogP contribution >= 0.6 is 0 Å². The van der Waals surface area contributed by atoms with E-state index in [9.17, 15) is 14.9 Å². The fraction of sp³-hybridized carbons (Fsp3) is 0.462. The first-order valence-corrected chi connectivity index (χ1v) is 6.01. The Kier molecular flexibility index (Phi) is 4.61. The fourth-order valence-corrected chi connectivity index (χ4v) is 1.53. The van der Waals surface area contributed by atoms with Crippen molar-refractivity contribution in [1.82, 2.24) is 5.32 Å². The Morgan fingerprint density at radius 1 is 1.53 bits per heavy atom. The van der Waals surface area contributed by atoms with Gasteiger partial charge in [-0.2, -0.15) is 0 Å². The highest BCUT2D eigenvalue weighted by atomic mass is 16.6. The SMILES string of the molecule is CC(C(=O)NCC(C)(C)N)c1cccc([N+](=O)[O-])c1. The largest absolute Gasteiger partial charge is 0.354 e. The summed E-state index contributed by atoms with van der Waals surface area (Å²) in [6.45, 7) is 5.68. The molecule has 0 fully saturated rings. The third-order valence-corrected chi connectivity index (χ3v) is 2.69. The van der Waals surface area contributed by atoms with E-state index in [-0.39, 0.29) is 11.6 Å². The lowest BCUT2D eigenvalue weighted by Gasteiger charge is -2.20. The molecule has 1 unspecified atom stereocenters. The van der Waals surface area contributed by atoms with Crippen LogP contribution in [0, 0.1) is 10.1 Å². The van der Waals surface area contributed by atoms with Gasteiger partial charge in [0.2, 0.25) is 5.91 Å². The Bertz CT molecular complexity index is 480. The summed E-state index contributed by atoms with van der Waals surface area (Å²) in [5.41, 5.74) is 5.89. The molecule has 1 aromatic rings. The van der Waals surface area contributed by atoms with Gasteiger partial charge in [-0.25, -0.2) is 0 Å². The average molecular weight is 265 g/mol. The van der Waals surface area contributed by atoms with Crippen molar-refractivity contribution in [2.24, 2.45) is 5.73 Å². The average Bonchev–Trinajstić information content (AvgIpc) is 2.34. The van der Waals surface area contributed by atoms with E-state index in [4.69, 9.17) is 5.73 Å². The van der Waals surface area contributed by atoms with Crippen molar-refractivity contribution >= 4 is 11.6 Å². The first-order chi connectivity index (χ1) is 8.70. The molecule has 0 aliphatic heterocycles. The molecule has 0 saturated carbocycles. The highest BCUT2D eigenvalue weighted by Gasteiger charge is 2.19. The molecule has 0 bridgehead atoms. The van der Waals surface area contributed by atoms with Gasteiger partial charge < -0.3 is 11.1 Å². The third kappa shape index (κ3) is 4.67. The van der Waals surface area contributed by atoms with Gasteiger partial charge in [0.05, 0.1) is 10.8 Å². The van der Waals surface area contributed by atoms with Crippen molar-refractivity contribution in [1.29, 1.82) is 0 Å². The van der Waals surface area contributed by atoms with E-state index in [0.717, 1.165) is 0 Å². The van der Waals surface area contributed by atoms with E-state index in [1.165, 1.54) is 12.1 Å². The van der Waals surface area contributed by atoms with Gasteiger partial charge in [-0.3, -0.25) is 14.9 Å². The van der Waals surface area contributed by atoms with E-state index in [1.807, 2.05) is 13.8 Å². The molecule has 1 atom stereocenters. The van der Waals surface area contributed by atoms with Gasteiger partial charge in [-0.1, -0.05) is 12.1 Å². The zero-order valence-electron chi connectivity index (χ0n) is 11.3. The fourth-order valence-electron chi connectivity index (χ4n) is 1.53. The van der Waals surface area contributed by atoms with Gasteiger partial charge >= 0.3 is 0 Å². The van der Waals surface area contributed by atoms with Crippen molar-refractivity contribution in [2.45, 2.75) is 32.2 Å². The number of nitro groups is 1. The Balaban J connectivity index is 2.77. The molecule has 0 saturated heterocycles. The second-order valence-corrected chi connectivity index (χ2v) is 5.28. The predicted molar refractivity (Wildman–Crippen MR) is 72.8 cm³/mol. The van der Waals surface area contributed by atoms with Crippen molar-refractivity contribution in [3.63, 3.8) is 0 Å².